The summed E-state index contributed by atoms with van der Waals surface area (Å²) in [5.74, 6) is 1.64. The van der Waals surface area contributed by atoms with Gasteiger partial charge in [0, 0.05) is 43.8 Å². The monoisotopic (exact) mass is 337 g/mol. The van der Waals surface area contributed by atoms with Gasteiger partial charge < -0.3 is 10.2 Å². The van der Waals surface area contributed by atoms with E-state index in [4.69, 9.17) is 0 Å². The van der Waals surface area contributed by atoms with Crippen LogP contribution in [0.1, 0.15) is 38.4 Å². The highest BCUT2D eigenvalue weighted by Gasteiger charge is 2.25. The molecule has 2 heterocycles. The Hall–Kier alpha value is -1.21. The molecule has 2 fully saturated rings. The first-order valence-electron chi connectivity index (χ1n) is 8.69. The second kappa shape index (κ2) is 7.57. The van der Waals surface area contributed by atoms with Crippen molar-refractivity contribution in [1.29, 1.82) is 0 Å². The van der Waals surface area contributed by atoms with Crippen LogP contribution in [0.3, 0.4) is 0 Å². The van der Waals surface area contributed by atoms with E-state index in [1.165, 1.54) is 30.8 Å². The molecule has 1 aliphatic heterocycles. The van der Waals surface area contributed by atoms with Crippen molar-refractivity contribution in [1.82, 2.24) is 19.6 Å². The lowest BCUT2D eigenvalue weighted by molar-refractivity contribution is -0.123. The van der Waals surface area contributed by atoms with Gasteiger partial charge in [-0.25, -0.2) is 4.98 Å². The molecule has 1 aromatic heterocycles. The number of nitrogens with one attached hydrogen (secondary N) is 1. The van der Waals surface area contributed by atoms with Gasteiger partial charge in [-0.2, -0.15) is 4.37 Å². The van der Waals surface area contributed by atoms with Gasteiger partial charge in [0.2, 0.25) is 11.0 Å². The molecule has 7 heteroatoms. The first-order chi connectivity index (χ1) is 11.1. The van der Waals surface area contributed by atoms with Crippen molar-refractivity contribution in [2.75, 3.05) is 37.6 Å². The van der Waals surface area contributed by atoms with Gasteiger partial charge in [0.05, 0.1) is 6.54 Å². The minimum absolute atomic E-state index is 0.184. The van der Waals surface area contributed by atoms with E-state index >= 15 is 0 Å². The zero-order valence-electron chi connectivity index (χ0n) is 14.1. The summed E-state index contributed by atoms with van der Waals surface area (Å²) in [6, 6.07) is 0.377. The molecule has 1 aliphatic carbocycles. The van der Waals surface area contributed by atoms with E-state index in [1.54, 1.807) is 0 Å². The normalized spacial score (nSPS) is 26.3. The minimum atomic E-state index is 0.184. The lowest BCUT2D eigenvalue weighted by Gasteiger charge is -2.35. The average molecular weight is 337 g/mol. The molecule has 2 aliphatic rings. The molecule has 1 aromatic rings. The quantitative estimate of drug-likeness (QED) is 0.905. The van der Waals surface area contributed by atoms with Crippen LogP contribution in [-0.4, -0.2) is 58.9 Å². The summed E-state index contributed by atoms with van der Waals surface area (Å²) in [7, 11) is 0. The molecule has 0 bridgehead atoms. The minimum Gasteiger partial charge on any atom is -0.352 e. The number of hydrogen-bond acceptors (Lipinski definition) is 6. The lowest BCUT2D eigenvalue weighted by atomic mass is 9.86. The third kappa shape index (κ3) is 4.41. The van der Waals surface area contributed by atoms with Crippen LogP contribution >= 0.6 is 11.5 Å². The summed E-state index contributed by atoms with van der Waals surface area (Å²) < 4.78 is 4.24. The molecule has 0 radical (unpaired) electrons. The van der Waals surface area contributed by atoms with E-state index in [2.05, 4.69) is 31.4 Å². The number of aromatic nitrogens is 2. The van der Waals surface area contributed by atoms with Crippen LogP contribution in [-0.2, 0) is 4.79 Å². The van der Waals surface area contributed by atoms with Crippen molar-refractivity contribution in [3.05, 3.63) is 5.82 Å². The molecule has 1 N–H and O–H groups in total. The van der Waals surface area contributed by atoms with Crippen LogP contribution in [0, 0.1) is 12.8 Å². The van der Waals surface area contributed by atoms with Crippen molar-refractivity contribution in [2.45, 2.75) is 45.6 Å². The number of amides is 1. The van der Waals surface area contributed by atoms with E-state index in [0.29, 0.717) is 18.5 Å². The van der Waals surface area contributed by atoms with Crippen LogP contribution in [0.5, 0.6) is 0 Å². The van der Waals surface area contributed by atoms with Crippen LogP contribution in [0.4, 0.5) is 5.13 Å². The molecular weight excluding hydrogens is 310 g/mol. The maximum atomic E-state index is 12.3. The van der Waals surface area contributed by atoms with E-state index in [-0.39, 0.29) is 5.91 Å². The molecule has 3 rings (SSSR count). The fraction of sp³-hybridized carbons (Fsp3) is 0.812. The Morgan fingerprint density at radius 2 is 2.00 bits per heavy atom. The van der Waals surface area contributed by atoms with Gasteiger partial charge in [0.1, 0.15) is 5.82 Å². The number of carbonyl (C=O) groups excluding carboxylic acids is 1. The van der Waals surface area contributed by atoms with Gasteiger partial charge in [0.25, 0.3) is 0 Å². The van der Waals surface area contributed by atoms with Crippen LogP contribution < -0.4 is 10.2 Å². The van der Waals surface area contributed by atoms with E-state index in [1.807, 2.05) is 6.92 Å². The topological polar surface area (TPSA) is 61.4 Å². The Morgan fingerprint density at radius 3 is 2.65 bits per heavy atom. The summed E-state index contributed by atoms with van der Waals surface area (Å²) in [6.45, 7) is 8.36. The third-order valence-corrected chi connectivity index (χ3v) is 5.85. The number of carbonyl (C=O) groups is 1. The molecule has 0 aromatic carbocycles. The molecule has 2 unspecified atom stereocenters. The predicted molar refractivity (Wildman–Crippen MR) is 92.9 cm³/mol. The molecular formula is C16H27N5OS. The second-order valence-electron chi connectivity index (χ2n) is 6.82. The third-order valence-electron chi connectivity index (χ3n) is 4.98. The Balaban J connectivity index is 1.42. The Labute approximate surface area is 142 Å². The fourth-order valence-corrected chi connectivity index (χ4v) is 4.22. The van der Waals surface area contributed by atoms with Gasteiger partial charge >= 0.3 is 0 Å². The zero-order chi connectivity index (χ0) is 16.2. The van der Waals surface area contributed by atoms with Gasteiger partial charge in [-0.1, -0.05) is 19.8 Å². The summed E-state index contributed by atoms with van der Waals surface area (Å²) >= 11 is 1.46. The van der Waals surface area contributed by atoms with Crippen LogP contribution in [0.25, 0.3) is 0 Å². The summed E-state index contributed by atoms with van der Waals surface area (Å²) in [4.78, 5) is 21.2. The number of aryl methyl sites for hydroxylation is 1. The maximum absolute atomic E-state index is 12.3. The van der Waals surface area contributed by atoms with Gasteiger partial charge in [-0.05, 0) is 25.7 Å². The number of hydrogen-bond donors (Lipinski definition) is 1. The lowest BCUT2D eigenvalue weighted by Crippen LogP contribution is -2.51. The summed E-state index contributed by atoms with van der Waals surface area (Å²) in [6.07, 6.45) is 4.93. The van der Waals surface area contributed by atoms with Crippen molar-refractivity contribution in [3.63, 3.8) is 0 Å². The summed E-state index contributed by atoms with van der Waals surface area (Å²) in [5.41, 5.74) is 0. The number of rotatable bonds is 4. The highest BCUT2D eigenvalue weighted by Crippen LogP contribution is 2.23. The van der Waals surface area contributed by atoms with Gasteiger partial charge in [-0.3, -0.25) is 9.69 Å². The summed E-state index contributed by atoms with van der Waals surface area (Å²) in [5, 5.41) is 4.25. The Bertz CT molecular complexity index is 526. The highest BCUT2D eigenvalue weighted by molar-refractivity contribution is 7.09. The Morgan fingerprint density at radius 1 is 1.26 bits per heavy atom. The van der Waals surface area contributed by atoms with Crippen molar-refractivity contribution in [2.24, 2.45) is 5.92 Å². The smallest absolute Gasteiger partial charge is 0.234 e. The fourth-order valence-electron chi connectivity index (χ4n) is 3.50. The largest absolute Gasteiger partial charge is 0.352 e. The number of piperazine rings is 1. The SMILES string of the molecule is Cc1nsc(N2CCN(CC(=O)NC3CCCCC3C)CC2)n1. The molecule has 6 nitrogen and oxygen atoms in total. The first kappa shape index (κ1) is 16.6. The number of anilines is 1. The van der Waals surface area contributed by atoms with Gasteiger partial charge in [0.15, 0.2) is 0 Å². The first-order valence-corrected chi connectivity index (χ1v) is 9.46. The standard InChI is InChI=1S/C16H27N5OS/c1-12-5-3-4-6-14(12)18-15(22)11-20-7-9-21(10-8-20)16-17-13(2)19-23-16/h12,14H,3-11H2,1-2H3,(H,18,22). The number of nitrogens with zero attached hydrogens (tertiary/aromatic N) is 4. The van der Waals surface area contributed by atoms with E-state index in [9.17, 15) is 4.79 Å². The average Bonchev–Trinajstić information content (AvgIpc) is 2.97. The van der Waals surface area contributed by atoms with Gasteiger partial charge in [-0.15, -0.1) is 0 Å². The zero-order valence-corrected chi connectivity index (χ0v) is 14.9. The molecule has 0 spiro atoms. The molecule has 2 atom stereocenters. The molecule has 1 amide bonds. The van der Waals surface area contributed by atoms with E-state index < -0.39 is 0 Å². The van der Waals surface area contributed by atoms with Crippen molar-refractivity contribution >= 4 is 22.6 Å². The predicted octanol–water partition coefficient (Wildman–Crippen LogP) is 1.66. The second-order valence-corrected chi connectivity index (χ2v) is 7.55. The van der Waals surface area contributed by atoms with E-state index in [0.717, 1.165) is 43.6 Å². The Kier molecular flexibility index (Phi) is 5.48. The molecule has 1 saturated heterocycles. The van der Waals surface area contributed by atoms with Crippen LogP contribution in [0.2, 0.25) is 0 Å². The molecule has 23 heavy (non-hydrogen) atoms. The highest BCUT2D eigenvalue weighted by atomic mass is 32.1. The maximum Gasteiger partial charge on any atom is 0.234 e. The molecule has 128 valence electrons. The molecule has 1 saturated carbocycles. The van der Waals surface area contributed by atoms with Crippen molar-refractivity contribution in [3.8, 4) is 0 Å². The van der Waals surface area contributed by atoms with Crippen LogP contribution in [0.15, 0.2) is 0 Å². The van der Waals surface area contributed by atoms with Crippen molar-refractivity contribution < 1.29 is 4.79 Å².